The van der Waals surface area contributed by atoms with E-state index in [0.29, 0.717) is 30.2 Å². The molecule has 6 atom stereocenters. The van der Waals surface area contributed by atoms with Crippen molar-refractivity contribution in [3.63, 3.8) is 0 Å². The molecular formula is C11H23O2P. The number of hydrogen-bond donors (Lipinski definition) is 0. The van der Waals surface area contributed by atoms with Gasteiger partial charge in [-0.2, -0.15) is 0 Å². The third-order valence-corrected chi connectivity index (χ3v) is 3.84. The van der Waals surface area contributed by atoms with E-state index in [1.165, 1.54) is 0 Å². The summed E-state index contributed by atoms with van der Waals surface area (Å²) in [6.07, 6.45) is 2.09. The van der Waals surface area contributed by atoms with Crippen LogP contribution < -0.4 is 0 Å². The zero-order valence-corrected chi connectivity index (χ0v) is 10.8. The van der Waals surface area contributed by atoms with Crippen molar-refractivity contribution in [2.24, 2.45) is 17.8 Å². The molecule has 84 valence electrons. The monoisotopic (exact) mass is 218 g/mol. The van der Waals surface area contributed by atoms with Gasteiger partial charge in [-0.05, 0) is 18.3 Å². The van der Waals surface area contributed by atoms with Crippen LogP contribution in [0.2, 0.25) is 0 Å². The largest absolute Gasteiger partial charge is 0.349 e. The molecule has 0 aromatic rings. The molecule has 3 heteroatoms. The Balaban J connectivity index is 2.63. The van der Waals surface area contributed by atoms with Gasteiger partial charge in [0.15, 0.2) is 6.29 Å². The first kappa shape index (κ1) is 12.4. The lowest BCUT2D eigenvalue weighted by Gasteiger charge is -2.43. The van der Waals surface area contributed by atoms with Crippen LogP contribution in [0.5, 0.6) is 0 Å². The maximum Gasteiger partial charge on any atom is 0.161 e. The minimum Gasteiger partial charge on any atom is -0.349 e. The van der Waals surface area contributed by atoms with E-state index in [1.807, 2.05) is 0 Å². The van der Waals surface area contributed by atoms with Crippen molar-refractivity contribution in [2.75, 3.05) is 6.35 Å². The summed E-state index contributed by atoms with van der Waals surface area (Å²) < 4.78 is 11.5. The third kappa shape index (κ3) is 2.48. The van der Waals surface area contributed by atoms with E-state index in [2.05, 4.69) is 36.9 Å². The number of ether oxygens (including phenoxy) is 2. The predicted molar refractivity (Wildman–Crippen MR) is 62.1 cm³/mol. The number of hydrogen-bond acceptors (Lipinski definition) is 2. The number of rotatable bonds is 3. The molecule has 1 aliphatic rings. The Hall–Kier alpha value is 0.350. The molecular weight excluding hydrogens is 195 g/mol. The molecule has 0 spiro atoms. The van der Waals surface area contributed by atoms with E-state index >= 15 is 0 Å². The van der Waals surface area contributed by atoms with Gasteiger partial charge in [0.1, 0.15) is 0 Å². The summed E-state index contributed by atoms with van der Waals surface area (Å²) in [5.74, 6) is 1.81. The van der Waals surface area contributed by atoms with Crippen molar-refractivity contribution in [2.45, 2.75) is 46.5 Å². The first-order chi connectivity index (χ1) is 6.61. The third-order valence-electron chi connectivity index (χ3n) is 3.65. The standard InChI is InChI=1S/C11H23O2P/c1-5-10-8(3)7(2)9(4)11(13-10)12-6-14/h7-11H,5-6,14H2,1-4H3/t7-,8-,9?,10?,11-/m0/s1. The van der Waals surface area contributed by atoms with Crippen LogP contribution in [0.25, 0.3) is 0 Å². The van der Waals surface area contributed by atoms with Crippen LogP contribution in [-0.4, -0.2) is 18.7 Å². The fourth-order valence-corrected chi connectivity index (χ4v) is 2.43. The zero-order valence-electron chi connectivity index (χ0n) is 9.69. The van der Waals surface area contributed by atoms with Gasteiger partial charge in [0.2, 0.25) is 0 Å². The van der Waals surface area contributed by atoms with Crippen molar-refractivity contribution < 1.29 is 9.47 Å². The molecule has 0 aromatic carbocycles. The van der Waals surface area contributed by atoms with Gasteiger partial charge in [-0.15, -0.1) is 9.24 Å². The maximum atomic E-state index is 5.94. The van der Waals surface area contributed by atoms with E-state index in [4.69, 9.17) is 9.47 Å². The summed E-state index contributed by atoms with van der Waals surface area (Å²) in [7, 11) is 2.59. The lowest BCUT2D eigenvalue weighted by atomic mass is 9.78. The van der Waals surface area contributed by atoms with Gasteiger partial charge in [0.25, 0.3) is 0 Å². The topological polar surface area (TPSA) is 18.5 Å². The minimum atomic E-state index is -0.0105. The van der Waals surface area contributed by atoms with Crippen molar-refractivity contribution in [3.8, 4) is 0 Å². The highest BCUT2D eigenvalue weighted by Gasteiger charge is 2.38. The SMILES string of the molecule is CCC1O[C@H](OCP)C(C)[C@@H](C)[C@@H]1C. The molecule has 2 nitrogen and oxygen atoms in total. The molecule has 1 rings (SSSR count). The predicted octanol–water partition coefficient (Wildman–Crippen LogP) is 2.88. The average molecular weight is 218 g/mol. The van der Waals surface area contributed by atoms with Crippen LogP contribution in [0.1, 0.15) is 34.1 Å². The van der Waals surface area contributed by atoms with Crippen molar-refractivity contribution in [1.82, 2.24) is 0 Å². The normalized spacial score (nSPS) is 43.9. The second kappa shape index (κ2) is 5.44. The van der Waals surface area contributed by atoms with Gasteiger partial charge in [-0.25, -0.2) is 0 Å². The van der Waals surface area contributed by atoms with Crippen LogP contribution in [0, 0.1) is 17.8 Å². The van der Waals surface area contributed by atoms with Gasteiger partial charge < -0.3 is 9.47 Å². The van der Waals surface area contributed by atoms with Crippen LogP contribution in [0.15, 0.2) is 0 Å². The van der Waals surface area contributed by atoms with Gasteiger partial charge in [-0.1, -0.05) is 27.7 Å². The summed E-state index contributed by atoms with van der Waals surface area (Å²) in [5.41, 5.74) is 0. The molecule has 0 bridgehead atoms. The Morgan fingerprint density at radius 1 is 1.14 bits per heavy atom. The van der Waals surface area contributed by atoms with Crippen LogP contribution in [0.3, 0.4) is 0 Å². The quantitative estimate of drug-likeness (QED) is 0.678. The molecule has 0 aliphatic carbocycles. The first-order valence-corrected chi connectivity index (χ1v) is 6.40. The van der Waals surface area contributed by atoms with Gasteiger partial charge in [0.05, 0.1) is 12.5 Å². The van der Waals surface area contributed by atoms with Crippen LogP contribution in [0.4, 0.5) is 0 Å². The second-order valence-corrected chi connectivity index (χ2v) is 4.70. The summed E-state index contributed by atoms with van der Waals surface area (Å²) in [4.78, 5) is 0. The lowest BCUT2D eigenvalue weighted by Crippen LogP contribution is -2.45. The van der Waals surface area contributed by atoms with E-state index in [1.54, 1.807) is 0 Å². The van der Waals surface area contributed by atoms with Gasteiger partial charge in [-0.3, -0.25) is 0 Å². The van der Waals surface area contributed by atoms with E-state index in [-0.39, 0.29) is 6.29 Å². The molecule has 14 heavy (non-hydrogen) atoms. The lowest BCUT2D eigenvalue weighted by molar-refractivity contribution is -0.240. The Labute approximate surface area is 89.9 Å². The van der Waals surface area contributed by atoms with Crippen molar-refractivity contribution in [1.29, 1.82) is 0 Å². The van der Waals surface area contributed by atoms with Crippen LogP contribution in [-0.2, 0) is 9.47 Å². The highest BCUT2D eigenvalue weighted by Crippen LogP contribution is 2.36. The van der Waals surface area contributed by atoms with E-state index < -0.39 is 0 Å². The molecule has 3 unspecified atom stereocenters. The Morgan fingerprint density at radius 3 is 2.29 bits per heavy atom. The molecule has 1 heterocycles. The molecule has 1 saturated heterocycles. The second-order valence-electron chi connectivity index (χ2n) is 4.36. The van der Waals surface area contributed by atoms with Crippen molar-refractivity contribution in [3.05, 3.63) is 0 Å². The summed E-state index contributed by atoms with van der Waals surface area (Å²) in [5, 5.41) is 0. The highest BCUT2D eigenvalue weighted by atomic mass is 31.0. The Kier molecular flexibility index (Phi) is 4.82. The van der Waals surface area contributed by atoms with Crippen LogP contribution >= 0.6 is 9.24 Å². The molecule has 0 radical (unpaired) electrons. The summed E-state index contributed by atoms with van der Waals surface area (Å²) >= 11 is 0. The first-order valence-electron chi connectivity index (χ1n) is 5.58. The van der Waals surface area contributed by atoms with E-state index in [0.717, 1.165) is 6.42 Å². The van der Waals surface area contributed by atoms with Gasteiger partial charge in [0, 0.05) is 5.92 Å². The van der Waals surface area contributed by atoms with E-state index in [9.17, 15) is 0 Å². The fourth-order valence-electron chi connectivity index (χ4n) is 2.24. The summed E-state index contributed by atoms with van der Waals surface area (Å²) in [6, 6.07) is 0. The average Bonchev–Trinajstić information content (AvgIpc) is 2.19. The molecule has 0 saturated carbocycles. The smallest absolute Gasteiger partial charge is 0.161 e. The zero-order chi connectivity index (χ0) is 10.7. The fraction of sp³-hybridized carbons (Fsp3) is 1.00. The molecule has 1 fully saturated rings. The minimum absolute atomic E-state index is 0.0105. The molecule has 0 aromatic heterocycles. The maximum absolute atomic E-state index is 5.94. The Bertz CT molecular complexity index is 171. The highest BCUT2D eigenvalue weighted by molar-refractivity contribution is 7.16. The molecule has 0 N–H and O–H groups in total. The van der Waals surface area contributed by atoms with Gasteiger partial charge >= 0.3 is 0 Å². The molecule has 0 amide bonds. The van der Waals surface area contributed by atoms with Crippen molar-refractivity contribution >= 4 is 9.24 Å². The Morgan fingerprint density at radius 2 is 1.79 bits per heavy atom. The summed E-state index contributed by atoms with van der Waals surface area (Å²) in [6.45, 7) is 8.99. The molecule has 1 aliphatic heterocycles.